The van der Waals surface area contributed by atoms with Crippen LogP contribution in [0.3, 0.4) is 0 Å². The zero-order valence-corrected chi connectivity index (χ0v) is 9.90. The molecular formula is C8H5Br2F2NO. The minimum Gasteiger partial charge on any atom is -0.320 e. The van der Waals surface area contributed by atoms with Gasteiger partial charge in [0.05, 0.1) is 5.69 Å². The molecule has 0 aliphatic heterocycles. The molecule has 0 radical (unpaired) electrons. The number of anilines is 1. The van der Waals surface area contributed by atoms with Gasteiger partial charge < -0.3 is 5.32 Å². The lowest BCUT2D eigenvalue weighted by Crippen LogP contribution is -2.20. The van der Waals surface area contributed by atoms with Crippen molar-refractivity contribution < 1.29 is 13.6 Å². The monoisotopic (exact) mass is 327 g/mol. The summed E-state index contributed by atoms with van der Waals surface area (Å²) in [6.45, 7) is 0. The summed E-state index contributed by atoms with van der Waals surface area (Å²) < 4.78 is 25.1. The van der Waals surface area contributed by atoms with Gasteiger partial charge in [0, 0.05) is 8.95 Å². The van der Waals surface area contributed by atoms with Gasteiger partial charge in [-0.3, -0.25) is 4.79 Å². The van der Waals surface area contributed by atoms with Crippen LogP contribution in [0.1, 0.15) is 0 Å². The Balaban J connectivity index is 2.82. The molecule has 0 heterocycles. The number of amides is 1. The van der Waals surface area contributed by atoms with Crippen LogP contribution in [0.15, 0.2) is 27.1 Å². The van der Waals surface area contributed by atoms with E-state index < -0.39 is 12.3 Å². The molecule has 76 valence electrons. The molecule has 1 aromatic rings. The molecule has 0 unspecified atom stereocenters. The smallest absolute Gasteiger partial charge is 0.315 e. The average Bonchev–Trinajstić information content (AvgIpc) is 2.09. The number of alkyl halides is 2. The van der Waals surface area contributed by atoms with Gasteiger partial charge in [-0.1, -0.05) is 15.9 Å². The topological polar surface area (TPSA) is 29.1 Å². The van der Waals surface area contributed by atoms with Crippen LogP contribution in [0.5, 0.6) is 0 Å². The van der Waals surface area contributed by atoms with E-state index in [2.05, 4.69) is 37.2 Å². The first kappa shape index (κ1) is 11.6. The molecule has 14 heavy (non-hydrogen) atoms. The van der Waals surface area contributed by atoms with E-state index in [0.29, 0.717) is 10.2 Å². The zero-order valence-electron chi connectivity index (χ0n) is 6.73. The predicted octanol–water partition coefficient (Wildman–Crippen LogP) is 3.42. The van der Waals surface area contributed by atoms with Crippen molar-refractivity contribution in [3.8, 4) is 0 Å². The molecule has 0 spiro atoms. The van der Waals surface area contributed by atoms with E-state index in [1.165, 1.54) is 6.07 Å². The third-order valence-corrected chi connectivity index (χ3v) is 2.54. The standard InChI is InChI=1S/C8H5Br2F2NO/c9-4-1-2-6(5(10)3-4)13-8(14)7(11)12/h1-3,7H,(H,13,14). The number of hydrogen-bond donors (Lipinski definition) is 1. The Kier molecular flexibility index (Phi) is 4.00. The van der Waals surface area contributed by atoms with E-state index in [1.807, 2.05) is 0 Å². The van der Waals surface area contributed by atoms with Crippen LogP contribution in [-0.2, 0) is 4.79 Å². The maximum absolute atomic E-state index is 11.9. The van der Waals surface area contributed by atoms with Gasteiger partial charge in [-0.05, 0) is 34.1 Å². The number of nitrogens with one attached hydrogen (secondary N) is 1. The molecule has 0 fully saturated rings. The van der Waals surface area contributed by atoms with Crippen LogP contribution in [0.4, 0.5) is 14.5 Å². The van der Waals surface area contributed by atoms with Gasteiger partial charge in [0.2, 0.25) is 0 Å². The lowest BCUT2D eigenvalue weighted by atomic mass is 10.3. The van der Waals surface area contributed by atoms with Gasteiger partial charge in [0.1, 0.15) is 0 Å². The van der Waals surface area contributed by atoms with Crippen molar-refractivity contribution in [3.63, 3.8) is 0 Å². The maximum atomic E-state index is 11.9. The molecule has 0 saturated carbocycles. The van der Waals surface area contributed by atoms with Gasteiger partial charge in [0.15, 0.2) is 0 Å². The van der Waals surface area contributed by atoms with Crippen molar-refractivity contribution in [1.82, 2.24) is 0 Å². The Hall–Kier alpha value is -0.490. The van der Waals surface area contributed by atoms with E-state index in [4.69, 9.17) is 0 Å². The fourth-order valence-electron chi connectivity index (χ4n) is 0.778. The second-order valence-corrected chi connectivity index (χ2v) is 4.18. The fourth-order valence-corrected chi connectivity index (χ4v) is 1.92. The first-order valence-corrected chi connectivity index (χ1v) is 5.13. The first-order chi connectivity index (χ1) is 6.50. The molecule has 0 aliphatic rings. The number of carbonyl (C=O) groups excluding carboxylic acids is 1. The highest BCUT2D eigenvalue weighted by molar-refractivity contribution is 9.11. The summed E-state index contributed by atoms with van der Waals surface area (Å²) in [7, 11) is 0. The zero-order chi connectivity index (χ0) is 10.7. The van der Waals surface area contributed by atoms with Crippen LogP contribution in [0.25, 0.3) is 0 Å². The van der Waals surface area contributed by atoms with Crippen LogP contribution in [-0.4, -0.2) is 12.3 Å². The molecule has 0 saturated heterocycles. The molecule has 1 amide bonds. The number of benzene rings is 1. The molecule has 0 atom stereocenters. The van der Waals surface area contributed by atoms with Gasteiger partial charge >= 0.3 is 6.43 Å². The maximum Gasteiger partial charge on any atom is 0.315 e. The van der Waals surface area contributed by atoms with Crippen LogP contribution < -0.4 is 5.32 Å². The molecule has 1 aromatic carbocycles. The molecule has 1 rings (SSSR count). The highest BCUT2D eigenvalue weighted by Gasteiger charge is 2.15. The van der Waals surface area contributed by atoms with Crippen molar-refractivity contribution in [1.29, 1.82) is 0 Å². The molecule has 6 heteroatoms. The van der Waals surface area contributed by atoms with Crippen LogP contribution in [0.2, 0.25) is 0 Å². The number of rotatable bonds is 2. The van der Waals surface area contributed by atoms with Gasteiger partial charge in [-0.15, -0.1) is 0 Å². The summed E-state index contributed by atoms with van der Waals surface area (Å²) in [5, 5.41) is 2.08. The largest absolute Gasteiger partial charge is 0.320 e. The molecule has 0 aromatic heterocycles. The fraction of sp³-hybridized carbons (Fsp3) is 0.125. The summed E-state index contributed by atoms with van der Waals surface area (Å²) >= 11 is 6.34. The lowest BCUT2D eigenvalue weighted by molar-refractivity contribution is -0.126. The Morgan fingerprint density at radius 3 is 2.50 bits per heavy atom. The highest BCUT2D eigenvalue weighted by Crippen LogP contribution is 2.26. The number of halogens is 4. The second-order valence-electron chi connectivity index (χ2n) is 2.41. The SMILES string of the molecule is O=C(Nc1ccc(Br)cc1Br)C(F)F. The van der Waals surface area contributed by atoms with E-state index >= 15 is 0 Å². The van der Waals surface area contributed by atoms with Gasteiger partial charge in [-0.25, -0.2) is 0 Å². The van der Waals surface area contributed by atoms with Crippen molar-refractivity contribution in [3.05, 3.63) is 27.1 Å². The van der Waals surface area contributed by atoms with E-state index in [1.54, 1.807) is 12.1 Å². The Morgan fingerprint density at radius 1 is 1.36 bits per heavy atom. The second kappa shape index (κ2) is 4.84. The normalized spacial score (nSPS) is 10.4. The van der Waals surface area contributed by atoms with E-state index in [0.717, 1.165) is 4.47 Å². The van der Waals surface area contributed by atoms with Crippen molar-refractivity contribution in [2.24, 2.45) is 0 Å². The van der Waals surface area contributed by atoms with Crippen molar-refractivity contribution >= 4 is 43.5 Å². The van der Waals surface area contributed by atoms with E-state index in [9.17, 15) is 13.6 Å². The molecule has 2 nitrogen and oxygen atoms in total. The quantitative estimate of drug-likeness (QED) is 0.885. The number of carbonyl (C=O) groups is 1. The third-order valence-electron chi connectivity index (χ3n) is 1.39. The summed E-state index contributed by atoms with van der Waals surface area (Å²) in [5.41, 5.74) is 0.318. The van der Waals surface area contributed by atoms with Gasteiger partial charge in [0.25, 0.3) is 5.91 Å². The summed E-state index contributed by atoms with van der Waals surface area (Å²) in [6, 6.07) is 4.82. The number of hydrogen-bond acceptors (Lipinski definition) is 1. The molecular weight excluding hydrogens is 324 g/mol. The first-order valence-electron chi connectivity index (χ1n) is 3.55. The van der Waals surface area contributed by atoms with E-state index in [-0.39, 0.29) is 0 Å². The average molecular weight is 329 g/mol. The van der Waals surface area contributed by atoms with Crippen molar-refractivity contribution in [2.45, 2.75) is 6.43 Å². The summed E-state index contributed by atoms with van der Waals surface area (Å²) in [6.07, 6.45) is -3.01. The summed E-state index contributed by atoms with van der Waals surface area (Å²) in [4.78, 5) is 10.7. The lowest BCUT2D eigenvalue weighted by Gasteiger charge is -2.06. The van der Waals surface area contributed by atoms with Crippen molar-refractivity contribution in [2.75, 3.05) is 5.32 Å². The van der Waals surface area contributed by atoms with Crippen LogP contribution >= 0.6 is 31.9 Å². The Morgan fingerprint density at radius 2 is 2.00 bits per heavy atom. The Bertz CT molecular complexity index is 357. The van der Waals surface area contributed by atoms with Crippen LogP contribution in [0, 0.1) is 0 Å². The molecule has 0 bridgehead atoms. The highest BCUT2D eigenvalue weighted by atomic mass is 79.9. The Labute approximate surface area is 95.9 Å². The summed E-state index contributed by atoms with van der Waals surface area (Å²) in [5.74, 6) is -1.31. The molecule has 0 aliphatic carbocycles. The minimum atomic E-state index is -3.01. The third kappa shape index (κ3) is 3.02. The minimum absolute atomic E-state index is 0.318. The predicted molar refractivity (Wildman–Crippen MR) is 56.5 cm³/mol. The molecule has 1 N–H and O–H groups in total. The van der Waals surface area contributed by atoms with Gasteiger partial charge in [-0.2, -0.15) is 8.78 Å².